The Morgan fingerprint density at radius 3 is 2.08 bits per heavy atom. The van der Waals surface area contributed by atoms with Crippen molar-refractivity contribution in [2.24, 2.45) is 23.7 Å². The molecular formula is C30H41F3O3. The van der Waals surface area contributed by atoms with Gasteiger partial charge in [-0.25, -0.2) is 8.78 Å². The number of hydrogen-bond acceptors (Lipinski definition) is 3. The number of carbonyl (C=O) groups excluding carboxylic acids is 1. The Kier molecular flexibility index (Phi) is 9.41. The normalized spacial score (nSPS) is 31.6. The average molecular weight is 507 g/mol. The van der Waals surface area contributed by atoms with Gasteiger partial charge in [0.05, 0.1) is 18.4 Å². The van der Waals surface area contributed by atoms with E-state index in [4.69, 9.17) is 9.47 Å². The number of esters is 1. The number of rotatable bonds is 7. The van der Waals surface area contributed by atoms with E-state index in [1.807, 2.05) is 0 Å². The van der Waals surface area contributed by atoms with Gasteiger partial charge in [-0.2, -0.15) is 4.39 Å². The molecule has 6 heteroatoms. The minimum atomic E-state index is -0.918. The quantitative estimate of drug-likeness (QED) is 0.348. The molecule has 0 radical (unpaired) electrons. The molecule has 0 saturated heterocycles. The smallest absolute Gasteiger partial charge is 0.309 e. The van der Waals surface area contributed by atoms with Crippen LogP contribution in [-0.2, 0) is 9.53 Å². The Morgan fingerprint density at radius 2 is 1.50 bits per heavy atom. The molecule has 3 nitrogen and oxygen atoms in total. The first-order valence-electron chi connectivity index (χ1n) is 14.0. The van der Waals surface area contributed by atoms with Crippen molar-refractivity contribution in [1.82, 2.24) is 0 Å². The molecule has 0 spiro atoms. The van der Waals surface area contributed by atoms with E-state index >= 15 is 0 Å². The van der Waals surface area contributed by atoms with E-state index < -0.39 is 11.6 Å². The van der Waals surface area contributed by atoms with E-state index in [-0.39, 0.29) is 42.1 Å². The number of halogens is 3. The van der Waals surface area contributed by atoms with E-state index in [0.29, 0.717) is 49.0 Å². The summed E-state index contributed by atoms with van der Waals surface area (Å²) in [5, 5.41) is 0. The lowest BCUT2D eigenvalue weighted by molar-refractivity contribution is -0.157. The fraction of sp³-hybridized carbons (Fsp3) is 0.700. The van der Waals surface area contributed by atoms with Crippen molar-refractivity contribution in [3.63, 3.8) is 0 Å². The highest BCUT2D eigenvalue weighted by molar-refractivity contribution is 5.72. The lowest BCUT2D eigenvalue weighted by Gasteiger charge is -2.37. The summed E-state index contributed by atoms with van der Waals surface area (Å²) in [5.41, 5.74) is 0.393. The highest BCUT2D eigenvalue weighted by atomic mass is 19.2. The fourth-order valence-electron chi connectivity index (χ4n) is 6.82. The van der Waals surface area contributed by atoms with Crippen molar-refractivity contribution in [2.45, 2.75) is 103 Å². The zero-order valence-corrected chi connectivity index (χ0v) is 21.7. The largest absolute Gasteiger partial charge is 0.491 e. The molecule has 1 aromatic carbocycles. The molecule has 3 aliphatic rings. The molecule has 4 rings (SSSR count). The van der Waals surface area contributed by atoms with Crippen LogP contribution in [0, 0.1) is 35.3 Å². The number of carbonyl (C=O) groups is 1. The molecule has 0 unspecified atom stereocenters. The second kappa shape index (κ2) is 12.5. The van der Waals surface area contributed by atoms with Crippen LogP contribution in [0.15, 0.2) is 24.0 Å². The van der Waals surface area contributed by atoms with Crippen molar-refractivity contribution in [3.05, 3.63) is 41.2 Å². The molecule has 1 aromatic rings. The summed E-state index contributed by atoms with van der Waals surface area (Å²) >= 11 is 0. The van der Waals surface area contributed by atoms with Gasteiger partial charge in [-0.05, 0) is 126 Å². The van der Waals surface area contributed by atoms with Gasteiger partial charge >= 0.3 is 5.97 Å². The van der Waals surface area contributed by atoms with Crippen LogP contribution in [-0.4, -0.2) is 18.7 Å². The van der Waals surface area contributed by atoms with E-state index in [9.17, 15) is 18.0 Å². The second-order valence-electron chi connectivity index (χ2n) is 11.2. The summed E-state index contributed by atoms with van der Waals surface area (Å²) in [5.74, 6) is -0.264. The summed E-state index contributed by atoms with van der Waals surface area (Å²) in [6.45, 7) is 3.55. The molecule has 0 aliphatic heterocycles. The molecule has 0 aromatic heterocycles. The average Bonchev–Trinajstić information content (AvgIpc) is 2.88. The van der Waals surface area contributed by atoms with Crippen LogP contribution in [0.5, 0.6) is 5.75 Å². The number of allylic oxidation sites excluding steroid dienone is 2. The highest BCUT2D eigenvalue weighted by Crippen LogP contribution is 2.43. The number of benzene rings is 1. The van der Waals surface area contributed by atoms with Crippen molar-refractivity contribution < 1.29 is 27.4 Å². The molecule has 0 bridgehead atoms. The highest BCUT2D eigenvalue weighted by Gasteiger charge is 2.35. The Morgan fingerprint density at radius 1 is 0.889 bits per heavy atom. The lowest BCUT2D eigenvalue weighted by Crippen LogP contribution is -2.32. The minimum absolute atomic E-state index is 0.0231. The van der Waals surface area contributed by atoms with Gasteiger partial charge in [0.25, 0.3) is 0 Å². The second-order valence-corrected chi connectivity index (χ2v) is 11.2. The maximum Gasteiger partial charge on any atom is 0.309 e. The fourth-order valence-corrected chi connectivity index (χ4v) is 6.82. The van der Waals surface area contributed by atoms with Crippen molar-refractivity contribution in [2.75, 3.05) is 6.61 Å². The lowest BCUT2D eigenvalue weighted by atomic mass is 9.69. The summed E-state index contributed by atoms with van der Waals surface area (Å²) in [7, 11) is 0. The van der Waals surface area contributed by atoms with Gasteiger partial charge in [0.1, 0.15) is 6.10 Å². The summed E-state index contributed by atoms with van der Waals surface area (Å²) < 4.78 is 53.1. The van der Waals surface area contributed by atoms with Crippen LogP contribution >= 0.6 is 0 Å². The van der Waals surface area contributed by atoms with Crippen LogP contribution in [0.4, 0.5) is 13.2 Å². The molecule has 0 atom stereocenters. The SMILES string of the molecule is CCOc1ccc(C2CCC(OC(=O)C3CCC(C4CCC(/C=C(/C)F)CC4)CC3)CC2)c(F)c1F. The van der Waals surface area contributed by atoms with E-state index in [1.165, 1.54) is 13.0 Å². The summed E-state index contributed by atoms with van der Waals surface area (Å²) in [6.07, 6.45) is 12.7. The Hall–Kier alpha value is -1.98. The van der Waals surface area contributed by atoms with Gasteiger partial charge < -0.3 is 9.47 Å². The molecular weight excluding hydrogens is 465 g/mol. The first-order valence-corrected chi connectivity index (χ1v) is 14.0. The predicted molar refractivity (Wildman–Crippen MR) is 134 cm³/mol. The molecule has 0 amide bonds. The van der Waals surface area contributed by atoms with Crippen LogP contribution in [0.3, 0.4) is 0 Å². The van der Waals surface area contributed by atoms with Crippen molar-refractivity contribution in [3.8, 4) is 5.75 Å². The predicted octanol–water partition coefficient (Wildman–Crippen LogP) is 8.42. The summed E-state index contributed by atoms with van der Waals surface area (Å²) in [6, 6.07) is 3.14. The van der Waals surface area contributed by atoms with Crippen LogP contribution in [0.25, 0.3) is 0 Å². The van der Waals surface area contributed by atoms with Gasteiger partial charge in [0.2, 0.25) is 5.82 Å². The zero-order chi connectivity index (χ0) is 25.7. The third-order valence-corrected chi connectivity index (χ3v) is 8.83. The molecule has 36 heavy (non-hydrogen) atoms. The number of ether oxygens (including phenoxy) is 2. The third kappa shape index (κ3) is 6.66. The van der Waals surface area contributed by atoms with E-state index in [0.717, 1.165) is 51.4 Å². The molecule has 0 N–H and O–H groups in total. The molecule has 0 heterocycles. The van der Waals surface area contributed by atoms with E-state index in [2.05, 4.69) is 0 Å². The molecule has 3 fully saturated rings. The first-order chi connectivity index (χ1) is 17.4. The molecule has 3 saturated carbocycles. The molecule has 200 valence electrons. The van der Waals surface area contributed by atoms with Gasteiger partial charge in [-0.1, -0.05) is 12.1 Å². The Labute approximate surface area is 213 Å². The third-order valence-electron chi connectivity index (χ3n) is 8.83. The van der Waals surface area contributed by atoms with Gasteiger partial charge in [0.15, 0.2) is 11.6 Å². The van der Waals surface area contributed by atoms with Gasteiger partial charge in [0, 0.05) is 0 Å². The first kappa shape index (κ1) is 27.1. The van der Waals surface area contributed by atoms with Gasteiger partial charge in [-0.15, -0.1) is 0 Å². The van der Waals surface area contributed by atoms with E-state index in [1.54, 1.807) is 19.1 Å². The monoisotopic (exact) mass is 506 g/mol. The van der Waals surface area contributed by atoms with Crippen LogP contribution < -0.4 is 4.74 Å². The van der Waals surface area contributed by atoms with Crippen molar-refractivity contribution >= 4 is 5.97 Å². The minimum Gasteiger partial charge on any atom is -0.491 e. The molecule has 3 aliphatic carbocycles. The number of hydrogen-bond donors (Lipinski definition) is 0. The standard InChI is InChI=1S/C30H41F3O3/c1-3-35-27-17-16-26(28(32)29(27)33)23-12-14-25(15-13-23)36-30(34)24-10-8-22(9-11-24)21-6-4-20(5-7-21)18-19(2)31/h16-18,20-25H,3-15H2,1-2H3/b19-18-. The summed E-state index contributed by atoms with van der Waals surface area (Å²) in [4.78, 5) is 12.9. The van der Waals surface area contributed by atoms with Crippen molar-refractivity contribution in [1.29, 1.82) is 0 Å². The maximum atomic E-state index is 14.6. The maximum absolute atomic E-state index is 14.6. The van der Waals surface area contributed by atoms with Gasteiger partial charge in [-0.3, -0.25) is 4.79 Å². The van der Waals surface area contributed by atoms with Crippen LogP contribution in [0.2, 0.25) is 0 Å². The zero-order valence-electron chi connectivity index (χ0n) is 21.7. The Balaban J connectivity index is 1.19. The topological polar surface area (TPSA) is 35.5 Å². The Bertz CT molecular complexity index is 902. The van der Waals surface area contributed by atoms with Crippen LogP contribution in [0.1, 0.15) is 102 Å².